The molecule has 1 N–H and O–H groups in total. The molecule has 0 bridgehead atoms. The number of amides is 1. The monoisotopic (exact) mass is 248 g/mol. The van der Waals surface area contributed by atoms with E-state index in [0.717, 1.165) is 30.7 Å². The van der Waals surface area contributed by atoms with E-state index in [2.05, 4.69) is 18.8 Å². The molecule has 0 aromatic rings. The molecule has 0 aliphatic carbocycles. The molecule has 1 aliphatic rings. The van der Waals surface area contributed by atoms with Gasteiger partial charge < -0.3 is 26.8 Å². The molecule has 0 saturated carbocycles. The van der Waals surface area contributed by atoms with Gasteiger partial charge in [0, 0.05) is 0 Å². The van der Waals surface area contributed by atoms with Crippen molar-refractivity contribution in [1.82, 2.24) is 5.32 Å². The zero-order chi connectivity index (χ0) is 9.03. The van der Waals surface area contributed by atoms with Crippen LogP contribution in [0.2, 0.25) is 0 Å². The molecule has 1 unspecified atom stereocenters. The molecule has 0 radical (unpaired) electrons. The molecule has 1 fully saturated rings. The zero-order valence-electron chi connectivity index (χ0n) is 8.05. The van der Waals surface area contributed by atoms with Crippen LogP contribution in [-0.4, -0.2) is 43.1 Å². The van der Waals surface area contributed by atoms with Crippen LogP contribution in [0.1, 0.15) is 6.92 Å². The van der Waals surface area contributed by atoms with Crippen molar-refractivity contribution in [2.75, 3.05) is 32.7 Å². The van der Waals surface area contributed by atoms with Gasteiger partial charge in [-0.05, 0) is 13.0 Å². The number of quaternary nitrogens is 1. The van der Waals surface area contributed by atoms with E-state index in [0.29, 0.717) is 6.54 Å². The Hall–Kier alpha value is -0.350. The summed E-state index contributed by atoms with van der Waals surface area (Å²) in [5.74, 6) is 0.171. The second-order valence-corrected chi connectivity index (χ2v) is 3.36. The lowest BCUT2D eigenvalue weighted by Crippen LogP contribution is -3.00. The molecule has 1 aliphatic heterocycles. The molecule has 76 valence electrons. The lowest BCUT2D eigenvalue weighted by Gasteiger charge is -2.39. The minimum absolute atomic E-state index is 0. The number of rotatable bonds is 3. The maximum Gasteiger partial charge on any atom is 0.275 e. The van der Waals surface area contributed by atoms with Gasteiger partial charge in [0.25, 0.3) is 5.91 Å². The van der Waals surface area contributed by atoms with Gasteiger partial charge in [-0.2, -0.15) is 0 Å². The van der Waals surface area contributed by atoms with E-state index in [1.807, 2.05) is 6.08 Å². The number of nitrogens with one attached hydrogen (secondary N) is 1. The van der Waals surface area contributed by atoms with Gasteiger partial charge in [-0.3, -0.25) is 4.79 Å². The Labute approximate surface area is 90.2 Å². The third-order valence-electron chi connectivity index (χ3n) is 2.57. The number of hydrogen-bond acceptors (Lipinski definition) is 1. The number of carbonyl (C=O) groups is 1. The highest BCUT2D eigenvalue weighted by molar-refractivity contribution is 5.77. The van der Waals surface area contributed by atoms with Crippen molar-refractivity contribution in [1.29, 1.82) is 0 Å². The second-order valence-electron chi connectivity index (χ2n) is 3.36. The molecule has 1 atom stereocenters. The molecule has 1 saturated heterocycles. The van der Waals surface area contributed by atoms with Gasteiger partial charge in [0.2, 0.25) is 0 Å². The summed E-state index contributed by atoms with van der Waals surface area (Å²) in [5.41, 5.74) is 0. The predicted octanol–water partition coefficient (Wildman–Crippen LogP) is -2.86. The molecule has 3 nitrogen and oxygen atoms in total. The van der Waals surface area contributed by atoms with Crippen molar-refractivity contribution < 1.29 is 26.3 Å². The number of hydrogen-bond donors (Lipinski definition) is 1. The van der Waals surface area contributed by atoms with E-state index in [1.54, 1.807) is 0 Å². The molecule has 0 spiro atoms. The van der Waals surface area contributed by atoms with Gasteiger partial charge in [-0.1, -0.05) is 6.58 Å². The smallest absolute Gasteiger partial charge is 0.275 e. The maximum absolute atomic E-state index is 11.2. The Morgan fingerprint density at radius 2 is 2.38 bits per heavy atom. The van der Waals surface area contributed by atoms with Crippen molar-refractivity contribution in [2.45, 2.75) is 6.92 Å². The lowest BCUT2D eigenvalue weighted by molar-refractivity contribution is -0.914. The first-order valence-electron chi connectivity index (χ1n) is 4.45. The normalized spacial score (nSPS) is 27.3. The summed E-state index contributed by atoms with van der Waals surface area (Å²) in [6.07, 6.45) is 1.90. The largest absolute Gasteiger partial charge is 1.00 e. The quantitative estimate of drug-likeness (QED) is 0.423. The van der Waals surface area contributed by atoms with Gasteiger partial charge in [0.1, 0.15) is 0 Å². The first-order chi connectivity index (χ1) is 5.72. The summed E-state index contributed by atoms with van der Waals surface area (Å²) in [6.45, 7) is 10.2. The lowest BCUT2D eigenvalue weighted by atomic mass is 10.2. The van der Waals surface area contributed by atoms with Crippen molar-refractivity contribution >= 4 is 5.91 Å². The van der Waals surface area contributed by atoms with E-state index in [-0.39, 0.29) is 22.9 Å². The van der Waals surface area contributed by atoms with Gasteiger partial charge in [0.15, 0.2) is 6.54 Å². The summed E-state index contributed by atoms with van der Waals surface area (Å²) < 4.78 is 0.870. The summed E-state index contributed by atoms with van der Waals surface area (Å²) in [4.78, 5) is 11.2. The number of piperazine rings is 1. The van der Waals surface area contributed by atoms with Crippen molar-refractivity contribution in [3.05, 3.63) is 12.7 Å². The number of nitrogens with zero attached hydrogens (tertiary/aromatic N) is 1. The van der Waals surface area contributed by atoms with Crippen LogP contribution in [0.25, 0.3) is 0 Å². The third kappa shape index (κ3) is 3.12. The highest BCUT2D eigenvalue weighted by Crippen LogP contribution is 2.08. The van der Waals surface area contributed by atoms with Crippen LogP contribution in [-0.2, 0) is 4.79 Å². The molecule has 1 rings (SSSR count). The summed E-state index contributed by atoms with van der Waals surface area (Å²) >= 11 is 0. The van der Waals surface area contributed by atoms with E-state index in [1.165, 1.54) is 0 Å². The van der Waals surface area contributed by atoms with Gasteiger partial charge in [0.05, 0.1) is 26.2 Å². The van der Waals surface area contributed by atoms with Crippen LogP contribution in [0.3, 0.4) is 0 Å². The van der Waals surface area contributed by atoms with Gasteiger partial charge >= 0.3 is 0 Å². The standard InChI is InChI=1S/C9H16N2O.BrH/c1-3-6-11(4-2)7-5-10-9(12)8-11;/h3H,1,4-8H2,2H3;1H. The van der Waals surface area contributed by atoms with Crippen molar-refractivity contribution in [3.8, 4) is 0 Å². The number of likely N-dealkylation sites (N-methyl/N-ethyl adjacent to an activating group) is 1. The molecule has 4 heteroatoms. The summed E-state index contributed by atoms with van der Waals surface area (Å²) in [6, 6.07) is 0. The summed E-state index contributed by atoms with van der Waals surface area (Å²) in [5, 5.41) is 2.84. The Morgan fingerprint density at radius 3 is 2.85 bits per heavy atom. The second kappa shape index (κ2) is 5.40. The van der Waals surface area contributed by atoms with Crippen LogP contribution in [0.15, 0.2) is 12.7 Å². The molecular weight excluding hydrogens is 232 g/mol. The highest BCUT2D eigenvalue weighted by Gasteiger charge is 2.30. The first-order valence-corrected chi connectivity index (χ1v) is 4.45. The van der Waals surface area contributed by atoms with E-state index < -0.39 is 0 Å². The van der Waals surface area contributed by atoms with Crippen molar-refractivity contribution in [2.24, 2.45) is 0 Å². The Balaban J connectivity index is 0.00000144. The zero-order valence-corrected chi connectivity index (χ0v) is 9.64. The maximum atomic E-state index is 11.2. The average molecular weight is 249 g/mol. The number of carbonyl (C=O) groups excluding carboxylic acids is 1. The fourth-order valence-corrected chi connectivity index (χ4v) is 1.70. The van der Waals surface area contributed by atoms with Crippen LogP contribution >= 0.6 is 0 Å². The third-order valence-corrected chi connectivity index (χ3v) is 2.57. The molecule has 0 aromatic heterocycles. The SMILES string of the molecule is C=CC[N+]1(CC)CCNC(=O)C1.[Br-]. The van der Waals surface area contributed by atoms with E-state index in [4.69, 9.17) is 0 Å². The van der Waals surface area contributed by atoms with E-state index >= 15 is 0 Å². The predicted molar refractivity (Wildman–Crippen MR) is 48.6 cm³/mol. The Bertz CT molecular complexity index is 196. The number of halogens is 1. The van der Waals surface area contributed by atoms with Gasteiger partial charge in [-0.15, -0.1) is 0 Å². The fourth-order valence-electron chi connectivity index (χ4n) is 1.70. The highest BCUT2D eigenvalue weighted by atomic mass is 79.9. The summed E-state index contributed by atoms with van der Waals surface area (Å²) in [7, 11) is 0. The van der Waals surface area contributed by atoms with Crippen LogP contribution in [0.5, 0.6) is 0 Å². The van der Waals surface area contributed by atoms with Crippen LogP contribution < -0.4 is 22.3 Å². The molecular formula is C9H17BrN2O. The van der Waals surface area contributed by atoms with Crippen LogP contribution in [0, 0.1) is 0 Å². The Morgan fingerprint density at radius 1 is 1.69 bits per heavy atom. The average Bonchev–Trinajstić information content (AvgIpc) is 2.05. The van der Waals surface area contributed by atoms with Crippen molar-refractivity contribution in [3.63, 3.8) is 0 Å². The van der Waals surface area contributed by atoms with Crippen LogP contribution in [0.4, 0.5) is 0 Å². The Kier molecular flexibility index (Phi) is 5.25. The molecule has 13 heavy (non-hydrogen) atoms. The molecule has 0 aromatic carbocycles. The molecule has 1 heterocycles. The molecule has 1 amide bonds. The fraction of sp³-hybridized carbons (Fsp3) is 0.667. The first kappa shape index (κ1) is 12.7. The topological polar surface area (TPSA) is 29.1 Å². The minimum atomic E-state index is 0. The van der Waals surface area contributed by atoms with Gasteiger partial charge in [-0.25, -0.2) is 0 Å². The van der Waals surface area contributed by atoms with E-state index in [9.17, 15) is 4.79 Å². The minimum Gasteiger partial charge on any atom is -1.00 e.